The Morgan fingerprint density at radius 1 is 1.44 bits per heavy atom. The average Bonchev–Trinajstić information content (AvgIpc) is 2.72. The molecular weight excluding hydrogens is 234 g/mol. The number of rotatable bonds is 4. The van der Waals surface area contributed by atoms with E-state index in [9.17, 15) is 15.0 Å². The van der Waals surface area contributed by atoms with Crippen LogP contribution in [-0.2, 0) is 11.3 Å². The molecule has 1 heterocycles. The lowest BCUT2D eigenvalue weighted by molar-refractivity contribution is -0.267. The number of hydrogen-bond donors (Lipinski definition) is 1. The summed E-state index contributed by atoms with van der Waals surface area (Å²) in [4.78, 5) is 12.0. The molecule has 1 aromatic rings. The highest BCUT2D eigenvalue weighted by Crippen LogP contribution is 2.18. The van der Waals surface area contributed by atoms with Crippen molar-refractivity contribution in [1.82, 2.24) is 4.90 Å². The molecule has 0 aromatic heterocycles. The van der Waals surface area contributed by atoms with Crippen LogP contribution < -0.4 is 5.11 Å². The summed E-state index contributed by atoms with van der Waals surface area (Å²) >= 11 is 0. The SMILES string of the molecule is O=C([O-])N1CC(O)CC1COCc1ccccc1. The number of aliphatic hydroxyl groups excluding tert-OH is 1. The average molecular weight is 250 g/mol. The third-order valence-electron chi connectivity index (χ3n) is 3.05. The smallest absolute Gasteiger partial charge is 0.137 e. The number of amides is 1. The highest BCUT2D eigenvalue weighted by Gasteiger charge is 2.30. The van der Waals surface area contributed by atoms with Gasteiger partial charge < -0.3 is 24.6 Å². The summed E-state index contributed by atoms with van der Waals surface area (Å²) in [5.41, 5.74) is 1.04. The highest BCUT2D eigenvalue weighted by atomic mass is 16.5. The Hall–Kier alpha value is -1.59. The van der Waals surface area contributed by atoms with Crippen LogP contribution in [0.2, 0.25) is 0 Å². The first-order chi connectivity index (χ1) is 8.66. The van der Waals surface area contributed by atoms with Gasteiger partial charge in [-0.1, -0.05) is 30.3 Å². The Kier molecular flexibility index (Phi) is 4.17. The summed E-state index contributed by atoms with van der Waals surface area (Å²) in [6.45, 7) is 0.829. The number of benzene rings is 1. The van der Waals surface area contributed by atoms with Gasteiger partial charge in [-0.2, -0.15) is 0 Å². The lowest BCUT2D eigenvalue weighted by atomic mass is 10.2. The summed E-state index contributed by atoms with van der Waals surface area (Å²) < 4.78 is 5.49. The second-order valence-corrected chi connectivity index (χ2v) is 4.46. The third kappa shape index (κ3) is 3.21. The number of likely N-dealkylation sites (tertiary alicyclic amines) is 1. The van der Waals surface area contributed by atoms with Crippen LogP contribution in [-0.4, -0.2) is 41.4 Å². The van der Waals surface area contributed by atoms with Crippen molar-refractivity contribution in [2.45, 2.75) is 25.2 Å². The highest BCUT2D eigenvalue weighted by molar-refractivity contribution is 5.63. The van der Waals surface area contributed by atoms with Gasteiger partial charge >= 0.3 is 0 Å². The molecule has 2 rings (SSSR count). The molecule has 1 aromatic carbocycles. The zero-order chi connectivity index (χ0) is 13.0. The Bertz CT molecular complexity index is 395. The monoisotopic (exact) mass is 250 g/mol. The van der Waals surface area contributed by atoms with Gasteiger partial charge in [0.15, 0.2) is 0 Å². The summed E-state index contributed by atoms with van der Waals surface area (Å²) in [6.07, 6.45) is -1.46. The fraction of sp³-hybridized carbons (Fsp3) is 0.462. The topological polar surface area (TPSA) is 72.8 Å². The number of carbonyl (C=O) groups excluding carboxylic acids is 1. The lowest BCUT2D eigenvalue weighted by Gasteiger charge is -2.26. The van der Waals surface area contributed by atoms with E-state index in [1.54, 1.807) is 0 Å². The van der Waals surface area contributed by atoms with E-state index in [-0.39, 0.29) is 19.2 Å². The molecule has 5 heteroatoms. The summed E-state index contributed by atoms with van der Waals surface area (Å²) in [7, 11) is 0. The molecule has 0 saturated carbocycles. The van der Waals surface area contributed by atoms with Crippen LogP contribution >= 0.6 is 0 Å². The van der Waals surface area contributed by atoms with Crippen LogP contribution in [0.4, 0.5) is 4.79 Å². The molecule has 2 atom stereocenters. The molecule has 1 aliphatic heterocycles. The third-order valence-corrected chi connectivity index (χ3v) is 3.05. The van der Waals surface area contributed by atoms with E-state index < -0.39 is 12.2 Å². The van der Waals surface area contributed by atoms with Crippen LogP contribution in [0.25, 0.3) is 0 Å². The van der Waals surface area contributed by atoms with Crippen LogP contribution in [0, 0.1) is 0 Å². The minimum atomic E-state index is -1.25. The second-order valence-electron chi connectivity index (χ2n) is 4.46. The standard InChI is InChI=1S/C13H17NO4/c15-12-6-11(14(7-12)13(16)17)9-18-8-10-4-2-1-3-5-10/h1-5,11-12,15H,6-9H2,(H,16,17)/p-1. The molecule has 0 radical (unpaired) electrons. The molecule has 0 aliphatic carbocycles. The van der Waals surface area contributed by atoms with Gasteiger partial charge in [0.05, 0.1) is 25.4 Å². The van der Waals surface area contributed by atoms with Crippen molar-refractivity contribution >= 4 is 6.09 Å². The first-order valence-corrected chi connectivity index (χ1v) is 5.94. The van der Waals surface area contributed by atoms with E-state index in [4.69, 9.17) is 4.74 Å². The molecule has 98 valence electrons. The van der Waals surface area contributed by atoms with E-state index in [0.29, 0.717) is 13.0 Å². The molecule has 1 N–H and O–H groups in total. The second kappa shape index (κ2) is 5.84. The van der Waals surface area contributed by atoms with Crippen molar-refractivity contribution < 1.29 is 19.7 Å². The summed E-state index contributed by atoms with van der Waals surface area (Å²) in [5, 5.41) is 20.3. The Morgan fingerprint density at radius 2 is 2.17 bits per heavy atom. The van der Waals surface area contributed by atoms with Crippen molar-refractivity contribution in [1.29, 1.82) is 0 Å². The first kappa shape index (κ1) is 12.9. The number of nitrogens with zero attached hydrogens (tertiary/aromatic N) is 1. The maximum absolute atomic E-state index is 10.8. The Balaban J connectivity index is 1.81. The predicted molar refractivity (Wildman–Crippen MR) is 62.6 cm³/mol. The molecule has 1 saturated heterocycles. The van der Waals surface area contributed by atoms with Gasteiger partial charge in [-0.25, -0.2) is 0 Å². The maximum atomic E-state index is 10.8. The fourth-order valence-corrected chi connectivity index (χ4v) is 2.16. The molecule has 5 nitrogen and oxygen atoms in total. The number of carbonyl (C=O) groups is 1. The molecule has 18 heavy (non-hydrogen) atoms. The van der Waals surface area contributed by atoms with Crippen LogP contribution in [0.1, 0.15) is 12.0 Å². The maximum Gasteiger partial charge on any atom is 0.137 e. The zero-order valence-electron chi connectivity index (χ0n) is 9.99. The summed E-state index contributed by atoms with van der Waals surface area (Å²) in [5.74, 6) is 0. The molecule has 0 spiro atoms. The van der Waals surface area contributed by atoms with Crippen LogP contribution in [0.15, 0.2) is 30.3 Å². The van der Waals surface area contributed by atoms with Crippen molar-refractivity contribution in [3.05, 3.63) is 35.9 Å². The lowest BCUT2D eigenvalue weighted by Crippen LogP contribution is -2.46. The molecule has 0 bridgehead atoms. The van der Waals surface area contributed by atoms with Crippen molar-refractivity contribution in [3.63, 3.8) is 0 Å². The molecule has 1 amide bonds. The first-order valence-electron chi connectivity index (χ1n) is 5.94. The van der Waals surface area contributed by atoms with Crippen LogP contribution in [0.3, 0.4) is 0 Å². The molecular formula is C13H16NO4-. The van der Waals surface area contributed by atoms with Gasteiger partial charge in [-0.3, -0.25) is 0 Å². The molecule has 2 unspecified atom stereocenters. The molecule has 1 aliphatic rings. The van der Waals surface area contributed by atoms with Crippen molar-refractivity contribution in [2.24, 2.45) is 0 Å². The predicted octanol–water partition coefficient (Wildman–Crippen LogP) is -0.0183. The Morgan fingerprint density at radius 3 is 2.83 bits per heavy atom. The fourth-order valence-electron chi connectivity index (χ4n) is 2.16. The largest absolute Gasteiger partial charge is 0.530 e. The number of β-amino-alcohol motifs (C(OH)–C–C–N with tert-alkyl or cyclic N) is 1. The van der Waals surface area contributed by atoms with Gasteiger partial charge in [0, 0.05) is 6.54 Å². The zero-order valence-corrected chi connectivity index (χ0v) is 9.99. The van der Waals surface area contributed by atoms with E-state index in [2.05, 4.69) is 0 Å². The van der Waals surface area contributed by atoms with E-state index >= 15 is 0 Å². The quantitative estimate of drug-likeness (QED) is 0.815. The number of ether oxygens (including phenoxy) is 1. The minimum absolute atomic E-state index is 0.113. The number of hydrogen-bond acceptors (Lipinski definition) is 4. The number of aliphatic hydroxyl groups is 1. The summed E-state index contributed by atoms with van der Waals surface area (Å²) in [6, 6.07) is 9.35. The van der Waals surface area contributed by atoms with E-state index in [1.165, 1.54) is 0 Å². The molecule has 1 fully saturated rings. The van der Waals surface area contributed by atoms with Crippen LogP contribution in [0.5, 0.6) is 0 Å². The van der Waals surface area contributed by atoms with Gasteiger partial charge in [0.2, 0.25) is 0 Å². The van der Waals surface area contributed by atoms with Gasteiger partial charge in [0.1, 0.15) is 6.09 Å². The van der Waals surface area contributed by atoms with Crippen molar-refractivity contribution in [3.8, 4) is 0 Å². The Labute approximate surface area is 106 Å². The number of carboxylic acid groups (broad SMARTS) is 1. The van der Waals surface area contributed by atoms with Gasteiger partial charge in [0.25, 0.3) is 0 Å². The van der Waals surface area contributed by atoms with Gasteiger partial charge in [-0.05, 0) is 12.0 Å². The minimum Gasteiger partial charge on any atom is -0.530 e. The van der Waals surface area contributed by atoms with E-state index in [1.807, 2.05) is 30.3 Å². The van der Waals surface area contributed by atoms with Crippen molar-refractivity contribution in [2.75, 3.05) is 13.2 Å². The van der Waals surface area contributed by atoms with E-state index in [0.717, 1.165) is 10.5 Å². The normalized spacial score (nSPS) is 23.3. The van der Waals surface area contributed by atoms with Gasteiger partial charge in [-0.15, -0.1) is 0 Å².